The number of rotatable bonds is 1. The minimum absolute atomic E-state index is 0.191. The zero-order valence-corrected chi connectivity index (χ0v) is 9.01. The molecule has 70 valence electrons. The average Bonchev–Trinajstić information content (AvgIpc) is 2.07. The van der Waals surface area contributed by atoms with Gasteiger partial charge in [0.25, 0.3) is 0 Å². The Balaban J connectivity index is 2.30. The molecule has 1 aliphatic heterocycles. The van der Waals surface area contributed by atoms with Crippen LogP contribution >= 0.6 is 15.9 Å². The van der Waals surface area contributed by atoms with E-state index in [1.807, 2.05) is 6.07 Å². The molecule has 0 spiro atoms. The van der Waals surface area contributed by atoms with Gasteiger partial charge >= 0.3 is 0 Å². The molecule has 1 aromatic carbocycles. The summed E-state index contributed by atoms with van der Waals surface area (Å²) in [6.45, 7) is 3.25. The molecular weight excluding hydrogens is 233 g/mol. The highest BCUT2D eigenvalue weighted by molar-refractivity contribution is 9.10. The SMILES string of the molecule is CC1CCN1c1ccc(F)cc1Br. The summed E-state index contributed by atoms with van der Waals surface area (Å²) >= 11 is 3.37. The van der Waals surface area contributed by atoms with E-state index in [2.05, 4.69) is 27.8 Å². The van der Waals surface area contributed by atoms with Crippen molar-refractivity contribution in [3.05, 3.63) is 28.5 Å². The molecule has 1 nitrogen and oxygen atoms in total. The summed E-state index contributed by atoms with van der Waals surface area (Å²) in [6, 6.07) is 5.43. The van der Waals surface area contributed by atoms with Crippen LogP contribution in [0.3, 0.4) is 0 Å². The van der Waals surface area contributed by atoms with Crippen LogP contribution in [0.4, 0.5) is 10.1 Å². The quantitative estimate of drug-likeness (QED) is 0.733. The van der Waals surface area contributed by atoms with Crippen LogP contribution in [0.2, 0.25) is 0 Å². The molecule has 2 rings (SSSR count). The monoisotopic (exact) mass is 243 g/mol. The maximum Gasteiger partial charge on any atom is 0.124 e. The molecule has 1 saturated heterocycles. The van der Waals surface area contributed by atoms with Gasteiger partial charge in [-0.15, -0.1) is 0 Å². The van der Waals surface area contributed by atoms with Crippen LogP contribution in [0, 0.1) is 5.82 Å². The summed E-state index contributed by atoms with van der Waals surface area (Å²) in [6.07, 6.45) is 1.23. The van der Waals surface area contributed by atoms with Crippen molar-refractivity contribution in [1.82, 2.24) is 0 Å². The number of benzene rings is 1. The molecule has 0 N–H and O–H groups in total. The Morgan fingerprint density at radius 2 is 2.31 bits per heavy atom. The third-order valence-electron chi connectivity index (χ3n) is 2.54. The lowest BCUT2D eigenvalue weighted by atomic mass is 10.0. The number of nitrogens with zero attached hydrogens (tertiary/aromatic N) is 1. The number of hydrogen-bond acceptors (Lipinski definition) is 1. The van der Waals surface area contributed by atoms with Gasteiger partial charge in [-0.2, -0.15) is 0 Å². The molecule has 1 unspecified atom stereocenters. The van der Waals surface area contributed by atoms with Gasteiger partial charge in [-0.1, -0.05) is 0 Å². The summed E-state index contributed by atoms with van der Waals surface area (Å²) in [5.41, 5.74) is 1.10. The molecule has 0 radical (unpaired) electrons. The molecule has 0 amide bonds. The Morgan fingerprint density at radius 3 is 2.77 bits per heavy atom. The van der Waals surface area contributed by atoms with E-state index < -0.39 is 0 Å². The fourth-order valence-electron chi connectivity index (χ4n) is 1.59. The summed E-state index contributed by atoms with van der Waals surface area (Å²) in [4.78, 5) is 2.27. The highest BCUT2D eigenvalue weighted by Gasteiger charge is 2.25. The van der Waals surface area contributed by atoms with Gasteiger partial charge in [0.1, 0.15) is 5.82 Å². The molecular formula is C10H11BrFN. The average molecular weight is 244 g/mol. The van der Waals surface area contributed by atoms with Crippen LogP contribution in [0.15, 0.2) is 22.7 Å². The third-order valence-corrected chi connectivity index (χ3v) is 3.17. The van der Waals surface area contributed by atoms with Crippen molar-refractivity contribution in [3.8, 4) is 0 Å². The molecule has 0 bridgehead atoms. The second-order valence-corrected chi connectivity index (χ2v) is 4.28. The van der Waals surface area contributed by atoms with Crippen LogP contribution in [0.25, 0.3) is 0 Å². The predicted octanol–water partition coefficient (Wildman–Crippen LogP) is 3.19. The van der Waals surface area contributed by atoms with Gasteiger partial charge in [0.05, 0.1) is 5.69 Å². The van der Waals surface area contributed by atoms with Gasteiger partial charge in [0.2, 0.25) is 0 Å². The van der Waals surface area contributed by atoms with Crippen molar-refractivity contribution in [2.24, 2.45) is 0 Å². The third kappa shape index (κ3) is 1.57. The molecule has 1 atom stereocenters. The molecule has 0 aromatic heterocycles. The largest absolute Gasteiger partial charge is 0.368 e. The Kier molecular flexibility index (Phi) is 2.28. The van der Waals surface area contributed by atoms with Crippen LogP contribution in [0.5, 0.6) is 0 Å². The maximum atomic E-state index is 12.8. The normalized spacial score (nSPS) is 21.5. The molecule has 0 saturated carbocycles. The van der Waals surface area contributed by atoms with Crippen molar-refractivity contribution < 1.29 is 4.39 Å². The maximum absolute atomic E-state index is 12.8. The van der Waals surface area contributed by atoms with E-state index in [9.17, 15) is 4.39 Å². The Morgan fingerprint density at radius 1 is 1.54 bits per heavy atom. The first-order chi connectivity index (χ1) is 6.18. The highest BCUT2D eigenvalue weighted by atomic mass is 79.9. The van der Waals surface area contributed by atoms with Crippen LogP contribution in [-0.2, 0) is 0 Å². The van der Waals surface area contributed by atoms with E-state index in [4.69, 9.17) is 0 Å². The topological polar surface area (TPSA) is 3.24 Å². The van der Waals surface area contributed by atoms with Gasteiger partial charge in [0, 0.05) is 17.1 Å². The van der Waals surface area contributed by atoms with Crippen LogP contribution < -0.4 is 4.90 Å². The Labute approximate surface area is 85.7 Å². The van der Waals surface area contributed by atoms with E-state index in [-0.39, 0.29) is 5.82 Å². The van der Waals surface area contributed by atoms with E-state index in [1.54, 1.807) is 0 Å². The molecule has 1 fully saturated rings. The highest BCUT2D eigenvalue weighted by Crippen LogP contribution is 2.33. The molecule has 0 aliphatic carbocycles. The lowest BCUT2D eigenvalue weighted by molar-refractivity contribution is 0.480. The number of halogens is 2. The van der Waals surface area contributed by atoms with Crippen molar-refractivity contribution >= 4 is 21.6 Å². The second kappa shape index (κ2) is 3.29. The van der Waals surface area contributed by atoms with E-state index >= 15 is 0 Å². The molecule has 13 heavy (non-hydrogen) atoms. The van der Waals surface area contributed by atoms with Gasteiger partial charge in [-0.05, 0) is 47.5 Å². The minimum atomic E-state index is -0.191. The zero-order chi connectivity index (χ0) is 9.42. The van der Waals surface area contributed by atoms with Crippen molar-refractivity contribution in [1.29, 1.82) is 0 Å². The molecule has 3 heteroatoms. The van der Waals surface area contributed by atoms with Crippen molar-refractivity contribution in [3.63, 3.8) is 0 Å². The van der Waals surface area contributed by atoms with E-state index in [0.717, 1.165) is 16.7 Å². The van der Waals surface area contributed by atoms with Crippen LogP contribution in [-0.4, -0.2) is 12.6 Å². The lowest BCUT2D eigenvalue weighted by Gasteiger charge is -2.41. The van der Waals surface area contributed by atoms with Gasteiger partial charge in [-0.25, -0.2) is 4.39 Å². The van der Waals surface area contributed by atoms with E-state index in [0.29, 0.717) is 6.04 Å². The van der Waals surface area contributed by atoms with Crippen LogP contribution in [0.1, 0.15) is 13.3 Å². The fraction of sp³-hybridized carbons (Fsp3) is 0.400. The van der Waals surface area contributed by atoms with Crippen molar-refractivity contribution in [2.75, 3.05) is 11.4 Å². The number of hydrogen-bond donors (Lipinski definition) is 0. The first-order valence-corrected chi connectivity index (χ1v) is 5.19. The summed E-state index contributed by atoms with van der Waals surface area (Å²) < 4.78 is 13.6. The zero-order valence-electron chi connectivity index (χ0n) is 7.43. The number of anilines is 1. The molecule has 1 heterocycles. The minimum Gasteiger partial charge on any atom is -0.368 e. The summed E-state index contributed by atoms with van der Waals surface area (Å²) in [5, 5.41) is 0. The van der Waals surface area contributed by atoms with Gasteiger partial charge < -0.3 is 4.90 Å². The van der Waals surface area contributed by atoms with E-state index in [1.165, 1.54) is 18.6 Å². The Bertz CT molecular complexity index is 327. The van der Waals surface area contributed by atoms with Crippen molar-refractivity contribution in [2.45, 2.75) is 19.4 Å². The summed E-state index contributed by atoms with van der Waals surface area (Å²) in [7, 11) is 0. The van der Waals surface area contributed by atoms with Gasteiger partial charge in [-0.3, -0.25) is 0 Å². The first kappa shape index (κ1) is 9.00. The predicted molar refractivity (Wildman–Crippen MR) is 55.5 cm³/mol. The van der Waals surface area contributed by atoms with Gasteiger partial charge in [0.15, 0.2) is 0 Å². The first-order valence-electron chi connectivity index (χ1n) is 4.40. The fourth-order valence-corrected chi connectivity index (χ4v) is 2.17. The molecule has 1 aromatic rings. The lowest BCUT2D eigenvalue weighted by Crippen LogP contribution is -2.45. The molecule has 1 aliphatic rings. The standard InChI is InChI=1S/C10H11BrFN/c1-7-4-5-13(7)10-3-2-8(12)6-9(10)11/h2-3,6-7H,4-5H2,1H3. The second-order valence-electron chi connectivity index (χ2n) is 3.43. The Hall–Kier alpha value is -0.570. The summed E-state index contributed by atoms with van der Waals surface area (Å²) in [5.74, 6) is -0.191. The smallest absolute Gasteiger partial charge is 0.124 e.